The van der Waals surface area contributed by atoms with Gasteiger partial charge >= 0.3 is 6.18 Å². The fraction of sp³-hybridized carbons (Fsp3) is 0.400. The minimum atomic E-state index is -4.41. The Balaban J connectivity index is 2.53. The number of benzene rings is 1. The maximum Gasteiger partial charge on any atom is 0.415 e. The summed E-state index contributed by atoms with van der Waals surface area (Å²) in [6.45, 7) is -0.672. The van der Waals surface area contributed by atoms with Crippen LogP contribution in [0.5, 0.6) is 0 Å². The van der Waals surface area contributed by atoms with Crippen LogP contribution in [0.3, 0.4) is 0 Å². The number of rotatable bonds is 4. The summed E-state index contributed by atoms with van der Waals surface area (Å²) in [5, 5.41) is 0. The van der Waals surface area contributed by atoms with E-state index in [2.05, 4.69) is 15.9 Å². The molecule has 0 bridgehead atoms. The molecule has 0 spiro atoms. The molecule has 0 saturated carbocycles. The van der Waals surface area contributed by atoms with Gasteiger partial charge in [0.2, 0.25) is 0 Å². The molecule has 1 rings (SSSR count). The summed E-state index contributed by atoms with van der Waals surface area (Å²) in [5.41, 5.74) is 5.67. The second-order valence-electron chi connectivity index (χ2n) is 3.20. The van der Waals surface area contributed by atoms with Crippen molar-refractivity contribution in [2.45, 2.75) is 18.9 Å². The van der Waals surface area contributed by atoms with E-state index in [9.17, 15) is 13.2 Å². The van der Waals surface area contributed by atoms with Gasteiger partial charge in [-0.2, -0.15) is 13.2 Å². The molecule has 2 N–H and O–H groups in total. The van der Waals surface area contributed by atoms with Crippen molar-refractivity contribution in [3.8, 4) is 0 Å². The second-order valence-corrected chi connectivity index (χ2v) is 4.12. The first-order valence-corrected chi connectivity index (χ1v) is 5.35. The highest BCUT2D eigenvalue weighted by Crippen LogP contribution is 2.23. The lowest BCUT2D eigenvalue weighted by atomic mass is 10.2. The molecule has 1 aromatic carbocycles. The van der Waals surface area contributed by atoms with Crippen molar-refractivity contribution in [1.29, 1.82) is 0 Å². The van der Waals surface area contributed by atoms with Crippen molar-refractivity contribution in [3.63, 3.8) is 0 Å². The Morgan fingerprint density at radius 1 is 1.25 bits per heavy atom. The summed E-state index contributed by atoms with van der Waals surface area (Å²) in [5.74, 6) is 0. The molecule has 1 aromatic rings. The third-order valence-corrected chi connectivity index (χ3v) is 2.47. The van der Waals surface area contributed by atoms with Crippen LogP contribution in [0.4, 0.5) is 13.2 Å². The van der Waals surface area contributed by atoms with Crippen LogP contribution >= 0.6 is 15.9 Å². The molecule has 16 heavy (non-hydrogen) atoms. The first-order valence-electron chi connectivity index (χ1n) is 4.56. The highest BCUT2D eigenvalue weighted by atomic mass is 79.9. The largest absolute Gasteiger partial charge is 0.415 e. The third kappa shape index (κ3) is 4.11. The average molecular weight is 298 g/mol. The zero-order valence-electron chi connectivity index (χ0n) is 8.30. The van der Waals surface area contributed by atoms with Crippen molar-refractivity contribution in [2.75, 3.05) is 6.54 Å². The molecule has 90 valence electrons. The van der Waals surface area contributed by atoms with Crippen LogP contribution < -0.4 is 5.73 Å². The number of hydrogen-bond acceptors (Lipinski definition) is 2. The number of ether oxygens (including phenoxy) is 1. The molecule has 0 aromatic heterocycles. The number of hydrogen-bond donors (Lipinski definition) is 1. The predicted octanol–water partition coefficient (Wildman–Crippen LogP) is 2.86. The first kappa shape index (κ1) is 13.5. The van der Waals surface area contributed by atoms with E-state index in [4.69, 9.17) is 10.5 Å². The minimum absolute atomic E-state index is 0.103. The fourth-order valence-corrected chi connectivity index (χ4v) is 1.34. The van der Waals surface area contributed by atoms with Gasteiger partial charge in [-0.15, -0.1) is 0 Å². The van der Waals surface area contributed by atoms with Gasteiger partial charge in [-0.25, -0.2) is 0 Å². The predicted molar refractivity (Wildman–Crippen MR) is 57.8 cm³/mol. The van der Waals surface area contributed by atoms with Crippen LogP contribution in [0.1, 0.15) is 5.56 Å². The van der Waals surface area contributed by atoms with E-state index in [0.29, 0.717) is 5.56 Å². The lowest BCUT2D eigenvalue weighted by Crippen LogP contribution is -2.38. The van der Waals surface area contributed by atoms with Gasteiger partial charge in [0.1, 0.15) is 0 Å². The Morgan fingerprint density at radius 2 is 1.81 bits per heavy atom. The molecule has 0 aliphatic carbocycles. The van der Waals surface area contributed by atoms with Crippen molar-refractivity contribution in [2.24, 2.45) is 5.73 Å². The molecule has 0 saturated heterocycles. The maximum absolute atomic E-state index is 12.3. The normalized spacial score (nSPS) is 13.8. The summed E-state index contributed by atoms with van der Waals surface area (Å²) in [6, 6.07) is 6.86. The molecule has 0 amide bonds. The molecule has 0 aliphatic heterocycles. The van der Waals surface area contributed by atoms with E-state index >= 15 is 0 Å². The van der Waals surface area contributed by atoms with Gasteiger partial charge in [-0.1, -0.05) is 28.1 Å². The third-order valence-electron chi connectivity index (χ3n) is 1.94. The SMILES string of the molecule is NCC(OCc1ccc(Br)cc1)C(F)(F)F. The van der Waals surface area contributed by atoms with Gasteiger partial charge in [0.15, 0.2) is 6.10 Å². The fourth-order valence-electron chi connectivity index (χ4n) is 1.07. The van der Waals surface area contributed by atoms with Crippen LogP contribution in [-0.2, 0) is 11.3 Å². The summed E-state index contributed by atoms with van der Waals surface area (Å²) in [7, 11) is 0. The summed E-state index contributed by atoms with van der Waals surface area (Å²) in [6.07, 6.45) is -6.32. The molecule has 2 nitrogen and oxygen atoms in total. The van der Waals surface area contributed by atoms with Crippen LogP contribution in [0.15, 0.2) is 28.7 Å². The standard InChI is InChI=1S/C10H11BrF3NO/c11-8-3-1-7(2-4-8)6-16-9(5-15)10(12,13)14/h1-4,9H,5-6,15H2. The summed E-state index contributed by atoms with van der Waals surface area (Å²) in [4.78, 5) is 0. The smallest absolute Gasteiger partial charge is 0.363 e. The van der Waals surface area contributed by atoms with Crippen LogP contribution in [0.25, 0.3) is 0 Å². The Morgan fingerprint density at radius 3 is 2.25 bits per heavy atom. The van der Waals surface area contributed by atoms with E-state index in [-0.39, 0.29) is 6.61 Å². The van der Waals surface area contributed by atoms with Crippen molar-refractivity contribution in [3.05, 3.63) is 34.3 Å². The van der Waals surface area contributed by atoms with E-state index < -0.39 is 18.8 Å². The molecular formula is C10H11BrF3NO. The monoisotopic (exact) mass is 297 g/mol. The lowest BCUT2D eigenvalue weighted by Gasteiger charge is -2.18. The quantitative estimate of drug-likeness (QED) is 0.927. The van der Waals surface area contributed by atoms with E-state index in [1.807, 2.05) is 0 Å². The average Bonchev–Trinajstić information content (AvgIpc) is 2.19. The van der Waals surface area contributed by atoms with Gasteiger partial charge in [0.05, 0.1) is 6.61 Å². The Bertz CT molecular complexity index is 326. The number of alkyl halides is 3. The summed E-state index contributed by atoms with van der Waals surface area (Å²) >= 11 is 3.23. The van der Waals surface area contributed by atoms with Crippen LogP contribution in [0.2, 0.25) is 0 Å². The highest BCUT2D eigenvalue weighted by Gasteiger charge is 2.39. The molecule has 0 fully saturated rings. The van der Waals surface area contributed by atoms with E-state index in [0.717, 1.165) is 4.47 Å². The van der Waals surface area contributed by atoms with Crippen molar-refractivity contribution in [1.82, 2.24) is 0 Å². The first-order chi connectivity index (χ1) is 7.43. The van der Waals surface area contributed by atoms with E-state index in [1.54, 1.807) is 24.3 Å². The van der Waals surface area contributed by atoms with Gasteiger partial charge in [0.25, 0.3) is 0 Å². The van der Waals surface area contributed by atoms with E-state index in [1.165, 1.54) is 0 Å². The minimum Gasteiger partial charge on any atom is -0.363 e. The zero-order chi connectivity index (χ0) is 12.2. The molecule has 1 atom stereocenters. The highest BCUT2D eigenvalue weighted by molar-refractivity contribution is 9.10. The van der Waals surface area contributed by atoms with Gasteiger partial charge in [-0.3, -0.25) is 0 Å². The molecule has 0 aliphatic rings. The molecular weight excluding hydrogens is 287 g/mol. The maximum atomic E-state index is 12.3. The topological polar surface area (TPSA) is 35.2 Å². The molecule has 1 unspecified atom stereocenters. The van der Waals surface area contributed by atoms with Crippen LogP contribution in [-0.4, -0.2) is 18.8 Å². The second kappa shape index (κ2) is 5.65. The zero-order valence-corrected chi connectivity index (χ0v) is 9.88. The van der Waals surface area contributed by atoms with Crippen LogP contribution in [0, 0.1) is 0 Å². The van der Waals surface area contributed by atoms with Crippen molar-refractivity contribution < 1.29 is 17.9 Å². The Kier molecular flexibility index (Phi) is 4.76. The van der Waals surface area contributed by atoms with Gasteiger partial charge in [0, 0.05) is 11.0 Å². The lowest BCUT2D eigenvalue weighted by molar-refractivity contribution is -0.219. The van der Waals surface area contributed by atoms with Crippen molar-refractivity contribution >= 4 is 15.9 Å². The molecule has 0 radical (unpaired) electrons. The Labute approximate surface area is 99.7 Å². The number of halogens is 4. The number of nitrogens with two attached hydrogens (primary N) is 1. The molecule has 0 heterocycles. The van der Waals surface area contributed by atoms with Gasteiger partial charge in [-0.05, 0) is 17.7 Å². The van der Waals surface area contributed by atoms with Gasteiger partial charge < -0.3 is 10.5 Å². The Hall–Kier alpha value is -0.590. The molecule has 6 heteroatoms. The summed E-state index contributed by atoms with van der Waals surface area (Å²) < 4.78 is 42.4.